The fraction of sp³-hybridized carbons (Fsp3) is 0.100. The van der Waals surface area contributed by atoms with Crippen molar-refractivity contribution in [2.75, 3.05) is 0 Å². The lowest BCUT2D eigenvalue weighted by molar-refractivity contribution is 0.274. The number of aromatic hydroxyl groups is 2. The first-order chi connectivity index (χ1) is 7.16. The first-order valence-corrected chi connectivity index (χ1v) is 4.34. The Morgan fingerprint density at radius 2 is 1.87 bits per heavy atom. The second kappa shape index (κ2) is 3.53. The molecule has 2 aromatic rings. The van der Waals surface area contributed by atoms with Crippen molar-refractivity contribution in [2.24, 2.45) is 0 Å². The summed E-state index contributed by atoms with van der Waals surface area (Å²) in [6.45, 7) is 0. The highest BCUT2D eigenvalue weighted by Gasteiger charge is 2.11. The average Bonchev–Trinajstić information content (AvgIpc) is 2.53. The minimum atomic E-state index is -0.444. The van der Waals surface area contributed by atoms with Crippen molar-refractivity contribution in [3.63, 3.8) is 0 Å². The van der Waals surface area contributed by atoms with Crippen LogP contribution in [-0.4, -0.2) is 15.4 Å². The molecule has 0 saturated heterocycles. The minimum absolute atomic E-state index is 0.157. The van der Waals surface area contributed by atoms with Crippen LogP contribution < -0.4 is 5.56 Å². The highest BCUT2D eigenvalue weighted by atomic mass is 16.6. The summed E-state index contributed by atoms with van der Waals surface area (Å²) in [5.41, 5.74) is 0.538. The molecule has 2 rings (SSSR count). The van der Waals surface area contributed by atoms with Gasteiger partial charge in [-0.15, -0.1) is 0 Å². The van der Waals surface area contributed by atoms with Gasteiger partial charge in [-0.25, -0.2) is 0 Å². The number of phenols is 1. The fourth-order valence-corrected chi connectivity index (χ4v) is 1.29. The van der Waals surface area contributed by atoms with E-state index in [1.807, 2.05) is 5.16 Å². The summed E-state index contributed by atoms with van der Waals surface area (Å²) >= 11 is 0. The maximum absolute atomic E-state index is 11.2. The van der Waals surface area contributed by atoms with Crippen LogP contribution in [0, 0.1) is 0 Å². The molecule has 0 fully saturated rings. The molecule has 0 unspecified atom stereocenters. The van der Waals surface area contributed by atoms with Crippen molar-refractivity contribution in [3.05, 3.63) is 45.7 Å². The van der Waals surface area contributed by atoms with Crippen LogP contribution in [0.1, 0.15) is 11.1 Å². The normalized spacial score (nSPS) is 10.4. The molecule has 5 heteroatoms. The number of rotatable bonds is 2. The number of phenolic OH excluding ortho intramolecular Hbond substituents is 1. The molecule has 1 aromatic carbocycles. The fourth-order valence-electron chi connectivity index (χ4n) is 1.29. The second-order valence-electron chi connectivity index (χ2n) is 3.16. The molecule has 0 saturated carbocycles. The number of hydrogen-bond donors (Lipinski definition) is 3. The maximum Gasteiger partial charge on any atom is 0.313 e. The van der Waals surface area contributed by atoms with Gasteiger partial charge >= 0.3 is 5.95 Å². The smallest absolute Gasteiger partial charge is 0.313 e. The van der Waals surface area contributed by atoms with E-state index in [1.54, 1.807) is 12.1 Å². The van der Waals surface area contributed by atoms with E-state index in [2.05, 4.69) is 4.52 Å². The van der Waals surface area contributed by atoms with Crippen molar-refractivity contribution in [2.45, 2.75) is 6.42 Å². The first-order valence-electron chi connectivity index (χ1n) is 4.34. The second-order valence-corrected chi connectivity index (χ2v) is 3.16. The SMILES string of the molecule is O=c1[nH]oc(O)c1Cc1ccc(O)cc1. The van der Waals surface area contributed by atoms with Crippen LogP contribution in [0.3, 0.4) is 0 Å². The van der Waals surface area contributed by atoms with Crippen LogP contribution in [0.5, 0.6) is 11.7 Å². The summed E-state index contributed by atoms with van der Waals surface area (Å²) in [4.78, 5) is 11.2. The molecule has 15 heavy (non-hydrogen) atoms. The van der Waals surface area contributed by atoms with E-state index in [0.29, 0.717) is 0 Å². The zero-order valence-electron chi connectivity index (χ0n) is 7.73. The predicted molar refractivity (Wildman–Crippen MR) is 51.9 cm³/mol. The van der Waals surface area contributed by atoms with Gasteiger partial charge in [0.15, 0.2) is 0 Å². The van der Waals surface area contributed by atoms with E-state index >= 15 is 0 Å². The lowest BCUT2D eigenvalue weighted by Crippen LogP contribution is -2.05. The number of H-pyrrole nitrogens is 1. The third kappa shape index (κ3) is 1.85. The van der Waals surface area contributed by atoms with Gasteiger partial charge in [-0.05, 0) is 17.7 Å². The monoisotopic (exact) mass is 207 g/mol. The summed E-state index contributed by atoms with van der Waals surface area (Å²) < 4.78 is 4.46. The van der Waals surface area contributed by atoms with E-state index in [1.165, 1.54) is 12.1 Å². The molecule has 0 radical (unpaired) electrons. The number of hydrogen-bond acceptors (Lipinski definition) is 4. The van der Waals surface area contributed by atoms with Gasteiger partial charge in [-0.3, -0.25) is 4.79 Å². The molecule has 0 amide bonds. The Hall–Kier alpha value is -2.17. The maximum atomic E-state index is 11.2. The summed E-state index contributed by atoms with van der Waals surface area (Å²) in [5, 5.41) is 20.3. The molecule has 3 N–H and O–H groups in total. The Morgan fingerprint density at radius 1 is 1.20 bits per heavy atom. The van der Waals surface area contributed by atoms with Gasteiger partial charge < -0.3 is 14.7 Å². The molecular weight excluding hydrogens is 198 g/mol. The quantitative estimate of drug-likeness (QED) is 0.684. The third-order valence-corrected chi connectivity index (χ3v) is 2.09. The average molecular weight is 207 g/mol. The van der Waals surface area contributed by atoms with E-state index < -0.39 is 11.5 Å². The molecule has 0 atom stereocenters. The van der Waals surface area contributed by atoms with Crippen LogP contribution in [0.4, 0.5) is 0 Å². The highest BCUT2D eigenvalue weighted by Crippen LogP contribution is 2.17. The third-order valence-electron chi connectivity index (χ3n) is 2.09. The van der Waals surface area contributed by atoms with Crippen molar-refractivity contribution in [1.29, 1.82) is 0 Å². The van der Waals surface area contributed by atoms with E-state index in [9.17, 15) is 9.90 Å². The molecule has 1 heterocycles. The van der Waals surface area contributed by atoms with Gasteiger partial charge in [0.05, 0.1) is 0 Å². The Bertz CT molecular complexity index is 509. The summed E-state index contributed by atoms with van der Waals surface area (Å²) in [5.74, 6) is -0.239. The van der Waals surface area contributed by atoms with Crippen molar-refractivity contribution < 1.29 is 14.7 Å². The van der Waals surface area contributed by atoms with E-state index in [4.69, 9.17) is 5.11 Å². The Morgan fingerprint density at radius 3 is 2.40 bits per heavy atom. The van der Waals surface area contributed by atoms with E-state index in [0.717, 1.165) is 5.56 Å². The van der Waals surface area contributed by atoms with Crippen molar-refractivity contribution >= 4 is 0 Å². The van der Waals surface area contributed by atoms with Crippen LogP contribution in [0.2, 0.25) is 0 Å². The standard InChI is InChI=1S/C10H9NO4/c12-7-3-1-6(2-4-7)5-8-9(13)11-15-10(8)14/h1-4,12,14H,5H2,(H,11,13). The number of nitrogens with one attached hydrogen (secondary N) is 1. The molecule has 78 valence electrons. The zero-order chi connectivity index (χ0) is 10.8. The summed E-state index contributed by atoms with van der Waals surface area (Å²) in [7, 11) is 0. The molecular formula is C10H9NO4. The van der Waals surface area contributed by atoms with Crippen LogP contribution in [0.25, 0.3) is 0 Å². The Labute approximate surface area is 84.6 Å². The van der Waals surface area contributed by atoms with Crippen LogP contribution >= 0.6 is 0 Å². The molecule has 0 aliphatic carbocycles. The van der Waals surface area contributed by atoms with E-state index in [-0.39, 0.29) is 17.7 Å². The lowest BCUT2D eigenvalue weighted by Gasteiger charge is -1.97. The molecule has 0 spiro atoms. The zero-order valence-corrected chi connectivity index (χ0v) is 7.73. The molecule has 1 aromatic heterocycles. The topological polar surface area (TPSA) is 86.5 Å². The summed E-state index contributed by atoms with van der Waals surface area (Å²) in [6.07, 6.45) is 0.262. The lowest BCUT2D eigenvalue weighted by atomic mass is 10.1. The van der Waals surface area contributed by atoms with Gasteiger partial charge in [0, 0.05) is 6.42 Å². The highest BCUT2D eigenvalue weighted by molar-refractivity contribution is 5.31. The van der Waals surface area contributed by atoms with Gasteiger partial charge in [0.2, 0.25) is 0 Å². The minimum Gasteiger partial charge on any atom is -0.508 e. The molecule has 0 aliphatic rings. The van der Waals surface area contributed by atoms with Gasteiger partial charge in [-0.1, -0.05) is 12.1 Å². The predicted octanol–water partition coefficient (Wildman–Crippen LogP) is 0.970. The molecule has 0 bridgehead atoms. The Balaban J connectivity index is 2.29. The van der Waals surface area contributed by atoms with Crippen LogP contribution in [0.15, 0.2) is 33.6 Å². The van der Waals surface area contributed by atoms with Gasteiger partial charge in [-0.2, -0.15) is 5.16 Å². The molecule has 5 nitrogen and oxygen atoms in total. The number of aromatic amines is 1. The largest absolute Gasteiger partial charge is 0.508 e. The van der Waals surface area contributed by atoms with Crippen molar-refractivity contribution in [3.8, 4) is 11.7 Å². The van der Waals surface area contributed by atoms with Gasteiger partial charge in [0.1, 0.15) is 11.3 Å². The summed E-state index contributed by atoms with van der Waals surface area (Å²) in [6, 6.07) is 6.36. The molecule has 0 aliphatic heterocycles. The number of aromatic nitrogens is 1. The number of benzene rings is 1. The Kier molecular flexibility index (Phi) is 2.21. The van der Waals surface area contributed by atoms with Gasteiger partial charge in [0.25, 0.3) is 5.56 Å². The first kappa shape index (κ1) is 9.39. The van der Waals surface area contributed by atoms with Crippen molar-refractivity contribution in [1.82, 2.24) is 5.16 Å². The van der Waals surface area contributed by atoms with Crippen LogP contribution in [-0.2, 0) is 6.42 Å².